The third kappa shape index (κ3) is 4.59. The summed E-state index contributed by atoms with van der Waals surface area (Å²) in [4.78, 5) is 0. The zero-order chi connectivity index (χ0) is 14.5. The number of benzene rings is 1. The maximum Gasteiger partial charge on any atom is 0.350 e. The van der Waals surface area contributed by atoms with Crippen LogP contribution in [0.5, 0.6) is 0 Å². The molecule has 0 fully saturated rings. The van der Waals surface area contributed by atoms with Gasteiger partial charge in [0.2, 0.25) is 0 Å². The maximum absolute atomic E-state index is 12.2. The van der Waals surface area contributed by atoms with Crippen molar-refractivity contribution < 1.29 is 17.2 Å². The van der Waals surface area contributed by atoms with Crippen molar-refractivity contribution in [2.24, 2.45) is 5.73 Å². The van der Waals surface area contributed by atoms with Crippen molar-refractivity contribution in [2.45, 2.75) is 18.7 Å². The molecular formula is C12H14F2N2O2S. The molecule has 104 valence electrons. The van der Waals surface area contributed by atoms with Gasteiger partial charge in [0, 0.05) is 11.6 Å². The zero-order valence-electron chi connectivity index (χ0n) is 10.2. The number of hydrogen-bond donors (Lipinski definition) is 2. The van der Waals surface area contributed by atoms with Crippen LogP contribution in [0.4, 0.5) is 8.78 Å². The average Bonchev–Trinajstić information content (AvgIpc) is 2.36. The van der Waals surface area contributed by atoms with E-state index in [-0.39, 0.29) is 6.54 Å². The third-order valence-electron chi connectivity index (χ3n) is 2.32. The molecule has 1 aromatic rings. The van der Waals surface area contributed by atoms with Crippen LogP contribution >= 0.6 is 0 Å². The first kappa shape index (κ1) is 15.6. The zero-order valence-corrected chi connectivity index (χ0v) is 11.0. The molecule has 0 aliphatic carbocycles. The Morgan fingerprint density at radius 2 is 1.89 bits per heavy atom. The molecule has 0 saturated heterocycles. The topological polar surface area (TPSA) is 72.2 Å². The van der Waals surface area contributed by atoms with E-state index in [2.05, 4.69) is 11.8 Å². The molecule has 0 saturated carbocycles. The minimum absolute atomic E-state index is 0.242. The van der Waals surface area contributed by atoms with Crippen molar-refractivity contribution in [1.29, 1.82) is 0 Å². The number of alkyl halides is 2. The molecule has 1 aromatic carbocycles. The molecule has 0 aromatic heterocycles. The third-order valence-corrected chi connectivity index (χ3v) is 3.47. The van der Waals surface area contributed by atoms with E-state index in [4.69, 9.17) is 5.73 Å². The number of sulfonamides is 1. The SMILES string of the molecule is CC(NS(=O)(=O)C(F)F)c1ccc(C#CCN)cc1. The minimum atomic E-state index is -4.60. The largest absolute Gasteiger partial charge is 0.350 e. The van der Waals surface area contributed by atoms with Gasteiger partial charge in [-0.3, -0.25) is 0 Å². The van der Waals surface area contributed by atoms with E-state index >= 15 is 0 Å². The van der Waals surface area contributed by atoms with Crippen LogP contribution < -0.4 is 10.5 Å². The quantitative estimate of drug-likeness (QED) is 0.818. The molecule has 0 amide bonds. The average molecular weight is 288 g/mol. The second kappa shape index (κ2) is 6.61. The molecular weight excluding hydrogens is 274 g/mol. The van der Waals surface area contributed by atoms with Crippen molar-refractivity contribution in [1.82, 2.24) is 4.72 Å². The summed E-state index contributed by atoms with van der Waals surface area (Å²) in [6.07, 6.45) is 0. The monoisotopic (exact) mass is 288 g/mol. The van der Waals surface area contributed by atoms with Crippen LogP contribution in [-0.4, -0.2) is 20.7 Å². The highest BCUT2D eigenvalue weighted by Gasteiger charge is 2.25. The number of rotatable bonds is 4. The molecule has 19 heavy (non-hydrogen) atoms. The fourth-order valence-electron chi connectivity index (χ4n) is 1.37. The van der Waals surface area contributed by atoms with Gasteiger partial charge in [0.1, 0.15) is 0 Å². The number of nitrogens with one attached hydrogen (secondary N) is 1. The second-order valence-electron chi connectivity index (χ2n) is 3.77. The predicted molar refractivity (Wildman–Crippen MR) is 68.8 cm³/mol. The molecule has 1 unspecified atom stereocenters. The van der Waals surface area contributed by atoms with Gasteiger partial charge in [-0.1, -0.05) is 24.0 Å². The predicted octanol–water partition coefficient (Wildman–Crippen LogP) is 1.20. The highest BCUT2D eigenvalue weighted by Crippen LogP contribution is 2.16. The Hall–Kier alpha value is -1.49. The molecule has 0 heterocycles. The van der Waals surface area contributed by atoms with Gasteiger partial charge in [-0.15, -0.1) is 0 Å². The Kier molecular flexibility index (Phi) is 5.42. The van der Waals surface area contributed by atoms with Crippen LogP contribution in [-0.2, 0) is 10.0 Å². The smallest absolute Gasteiger partial charge is 0.320 e. The lowest BCUT2D eigenvalue weighted by Gasteiger charge is -2.14. The molecule has 1 atom stereocenters. The van der Waals surface area contributed by atoms with E-state index in [1.807, 2.05) is 4.72 Å². The van der Waals surface area contributed by atoms with E-state index < -0.39 is 21.8 Å². The minimum Gasteiger partial charge on any atom is -0.320 e. The highest BCUT2D eigenvalue weighted by atomic mass is 32.2. The number of hydrogen-bond acceptors (Lipinski definition) is 3. The van der Waals surface area contributed by atoms with Crippen LogP contribution in [0.25, 0.3) is 0 Å². The van der Waals surface area contributed by atoms with Crippen LogP contribution in [0.15, 0.2) is 24.3 Å². The van der Waals surface area contributed by atoms with E-state index in [1.54, 1.807) is 24.3 Å². The Labute approximate surface area is 111 Å². The van der Waals surface area contributed by atoms with Gasteiger partial charge in [0.05, 0.1) is 6.54 Å². The summed E-state index contributed by atoms with van der Waals surface area (Å²) in [5.41, 5.74) is 6.52. The van der Waals surface area contributed by atoms with E-state index in [0.29, 0.717) is 5.56 Å². The van der Waals surface area contributed by atoms with Crippen molar-refractivity contribution in [3.05, 3.63) is 35.4 Å². The summed E-state index contributed by atoms with van der Waals surface area (Å²) in [7, 11) is -4.60. The highest BCUT2D eigenvalue weighted by molar-refractivity contribution is 7.89. The summed E-state index contributed by atoms with van der Waals surface area (Å²) in [6, 6.07) is 5.85. The molecule has 3 N–H and O–H groups in total. The van der Waals surface area contributed by atoms with Crippen molar-refractivity contribution >= 4 is 10.0 Å². The first-order chi connectivity index (χ1) is 8.86. The Morgan fingerprint density at radius 1 is 1.32 bits per heavy atom. The molecule has 0 aliphatic heterocycles. The van der Waals surface area contributed by atoms with E-state index in [9.17, 15) is 17.2 Å². The van der Waals surface area contributed by atoms with Crippen LogP contribution in [0.1, 0.15) is 24.1 Å². The molecule has 0 aliphatic rings. The summed E-state index contributed by atoms with van der Waals surface area (Å²) < 4.78 is 48.4. The summed E-state index contributed by atoms with van der Waals surface area (Å²) >= 11 is 0. The van der Waals surface area contributed by atoms with Crippen LogP contribution in [0, 0.1) is 11.8 Å². The van der Waals surface area contributed by atoms with Gasteiger partial charge in [-0.05, 0) is 24.6 Å². The summed E-state index contributed by atoms with van der Waals surface area (Å²) in [6.45, 7) is 1.73. The molecule has 7 heteroatoms. The summed E-state index contributed by atoms with van der Waals surface area (Å²) in [5, 5.41) is 0. The van der Waals surface area contributed by atoms with Gasteiger partial charge < -0.3 is 5.73 Å². The Morgan fingerprint density at radius 3 is 2.37 bits per heavy atom. The van der Waals surface area contributed by atoms with Gasteiger partial charge >= 0.3 is 5.76 Å². The van der Waals surface area contributed by atoms with Crippen molar-refractivity contribution in [3.8, 4) is 11.8 Å². The number of nitrogens with two attached hydrogens (primary N) is 1. The molecule has 1 rings (SSSR count). The van der Waals surface area contributed by atoms with Crippen LogP contribution in [0.2, 0.25) is 0 Å². The lowest BCUT2D eigenvalue weighted by molar-refractivity contribution is 0.231. The van der Waals surface area contributed by atoms with E-state index in [1.165, 1.54) is 6.92 Å². The van der Waals surface area contributed by atoms with Crippen molar-refractivity contribution in [3.63, 3.8) is 0 Å². The standard InChI is InChI=1S/C12H14F2N2O2S/c1-9(16-19(17,18)12(13)14)11-6-4-10(5-7-11)3-2-8-15/h4-7,9,12,16H,8,15H2,1H3. The van der Waals surface area contributed by atoms with E-state index in [0.717, 1.165) is 5.56 Å². The second-order valence-corrected chi connectivity index (χ2v) is 5.46. The Balaban J connectivity index is 2.81. The van der Waals surface area contributed by atoms with Gasteiger partial charge in [0.15, 0.2) is 0 Å². The fraction of sp³-hybridized carbons (Fsp3) is 0.333. The number of halogens is 2. The molecule has 0 spiro atoms. The fourth-order valence-corrected chi connectivity index (χ4v) is 2.11. The lowest BCUT2D eigenvalue weighted by Crippen LogP contribution is -2.31. The Bertz CT molecular complexity index is 574. The van der Waals surface area contributed by atoms with Gasteiger partial charge in [-0.2, -0.15) is 8.78 Å². The molecule has 0 radical (unpaired) electrons. The first-order valence-corrected chi connectivity index (χ1v) is 6.99. The summed E-state index contributed by atoms with van der Waals surface area (Å²) in [5.74, 6) is 2.04. The van der Waals surface area contributed by atoms with Crippen molar-refractivity contribution in [2.75, 3.05) is 6.54 Å². The van der Waals surface area contributed by atoms with Crippen LogP contribution in [0.3, 0.4) is 0 Å². The maximum atomic E-state index is 12.2. The normalized spacial score (nSPS) is 12.9. The molecule has 0 bridgehead atoms. The molecule has 4 nitrogen and oxygen atoms in total. The van der Waals surface area contributed by atoms with Gasteiger partial charge in [-0.25, -0.2) is 13.1 Å². The van der Waals surface area contributed by atoms with Gasteiger partial charge in [0.25, 0.3) is 10.0 Å². The lowest BCUT2D eigenvalue weighted by atomic mass is 10.1. The first-order valence-electron chi connectivity index (χ1n) is 5.45.